The fourth-order valence-corrected chi connectivity index (χ4v) is 8.44. The Labute approximate surface area is 447 Å². The average molecular weight is 1110 g/mol. The van der Waals surface area contributed by atoms with Crippen LogP contribution >= 0.6 is 38.6 Å². The summed E-state index contributed by atoms with van der Waals surface area (Å²) < 4.78 is 47.1. The van der Waals surface area contributed by atoms with E-state index in [0.717, 1.165) is 35.7 Å². The summed E-state index contributed by atoms with van der Waals surface area (Å²) in [5.74, 6) is -1.65. The minimum atomic E-state index is -1.04. The highest BCUT2D eigenvalue weighted by Gasteiger charge is 2.35. The first-order valence-electron chi connectivity index (χ1n) is 22.4. The Balaban J connectivity index is 0.000000250. The van der Waals surface area contributed by atoms with Crippen molar-refractivity contribution in [3.63, 3.8) is 0 Å². The molecule has 14 nitrogen and oxygen atoms in total. The molecule has 0 fully saturated rings. The predicted molar refractivity (Wildman–Crippen MR) is 301 cm³/mol. The van der Waals surface area contributed by atoms with Gasteiger partial charge in [0, 0.05) is 31.0 Å². The quantitative estimate of drug-likeness (QED) is 0.0508. The molecule has 0 saturated heterocycles. The van der Waals surface area contributed by atoms with E-state index in [1.165, 1.54) is 48.4 Å². The smallest absolute Gasteiger partial charge is 0.338 e. The van der Waals surface area contributed by atoms with Crippen LogP contribution in [0.15, 0.2) is 146 Å². The number of esters is 2. The molecule has 0 aliphatic carbocycles. The maximum absolute atomic E-state index is 14.6. The molecular formula is C54H59BBrF2N8O6S2. The molecule has 1 radical (unpaired) electrons. The maximum Gasteiger partial charge on any atom is 0.338 e. The second-order valence-corrected chi connectivity index (χ2v) is 19.8. The van der Waals surface area contributed by atoms with E-state index < -0.39 is 22.8 Å². The maximum atomic E-state index is 14.6. The number of hydrogen-bond acceptors (Lipinski definition) is 16. The van der Waals surface area contributed by atoms with Crippen molar-refractivity contribution in [3.05, 3.63) is 148 Å². The van der Waals surface area contributed by atoms with E-state index in [4.69, 9.17) is 14.1 Å². The van der Waals surface area contributed by atoms with E-state index in [0.29, 0.717) is 51.7 Å². The molecule has 387 valence electrons. The summed E-state index contributed by atoms with van der Waals surface area (Å²) in [6, 6.07) is 34.4. The number of carbonyl (C=O) groups is 2. The molecular weight excluding hydrogens is 1050 g/mol. The highest BCUT2D eigenvalue weighted by atomic mass is 79.9. The SMILES string of the molecule is C.C.CCOC(=O)c1ccc2nc(-c3ccc(N=Nc4ccc(NC)cc4)c(F)c3)sc2c1.CCOC(=O)c1ccc2nc(Br)sc2c1.CNc1ccc(N=Nc2ccc([B]OC(C)(C)C(C)(C)O)cc2F)cc1. The second kappa shape index (κ2) is 27.5. The van der Waals surface area contributed by atoms with Gasteiger partial charge in [0.25, 0.3) is 0 Å². The van der Waals surface area contributed by atoms with Gasteiger partial charge in [0.1, 0.15) is 22.2 Å². The van der Waals surface area contributed by atoms with Crippen molar-refractivity contribution in [1.82, 2.24) is 9.97 Å². The van der Waals surface area contributed by atoms with Gasteiger partial charge in [0.2, 0.25) is 0 Å². The number of carbonyl (C=O) groups excluding carboxylic acids is 2. The molecule has 0 aliphatic heterocycles. The van der Waals surface area contributed by atoms with Gasteiger partial charge in [-0.25, -0.2) is 28.3 Å². The lowest BCUT2D eigenvalue weighted by molar-refractivity contribution is -0.0893. The van der Waals surface area contributed by atoms with Gasteiger partial charge in [-0.1, -0.05) is 26.4 Å². The third-order valence-electron chi connectivity index (χ3n) is 10.8. The van der Waals surface area contributed by atoms with E-state index in [9.17, 15) is 23.5 Å². The molecule has 0 amide bonds. The molecule has 8 aromatic rings. The molecule has 0 aliphatic rings. The predicted octanol–water partition coefficient (Wildman–Crippen LogP) is 15.3. The summed E-state index contributed by atoms with van der Waals surface area (Å²) in [5, 5.41) is 32.9. The molecule has 0 saturated carbocycles. The van der Waals surface area contributed by atoms with Gasteiger partial charge in [-0.05, 0) is 173 Å². The zero-order valence-corrected chi connectivity index (χ0v) is 43.9. The second-order valence-electron chi connectivity index (χ2n) is 16.5. The third-order valence-corrected chi connectivity index (χ3v) is 13.3. The van der Waals surface area contributed by atoms with E-state index >= 15 is 0 Å². The zero-order chi connectivity index (χ0) is 52.0. The minimum absolute atomic E-state index is 0. The highest BCUT2D eigenvalue weighted by molar-refractivity contribution is 9.11. The van der Waals surface area contributed by atoms with E-state index in [1.54, 1.807) is 114 Å². The molecule has 20 heteroatoms. The summed E-state index contributed by atoms with van der Waals surface area (Å²) in [6.07, 6.45) is 0. The van der Waals surface area contributed by atoms with Crippen LogP contribution < -0.4 is 16.1 Å². The number of benzene rings is 6. The van der Waals surface area contributed by atoms with Crippen LogP contribution in [-0.2, 0) is 14.1 Å². The highest BCUT2D eigenvalue weighted by Crippen LogP contribution is 2.34. The number of azo groups is 2. The van der Waals surface area contributed by atoms with Gasteiger partial charge in [-0.2, -0.15) is 10.2 Å². The molecule has 0 bridgehead atoms. The number of anilines is 2. The van der Waals surface area contributed by atoms with Crippen molar-refractivity contribution >= 4 is 118 Å². The van der Waals surface area contributed by atoms with Crippen molar-refractivity contribution in [2.24, 2.45) is 20.5 Å². The van der Waals surface area contributed by atoms with Crippen molar-refractivity contribution in [1.29, 1.82) is 0 Å². The number of rotatable bonds is 15. The fraction of sp³-hybridized carbons (Fsp3) is 0.259. The standard InChI is InChI=1S/C23H19FN4O2S.C19H24BFN3O2.C10H8BrNO2S.2CH4/c1-3-30-23(29)15-5-11-20-21(13-15)31-22(26-20)14-4-10-19(18(24)12-14)28-27-17-8-6-16(25-2)7-9-17;1-18(2,25)19(3,4)26-20-13-6-11-17(16(21)12-13)24-23-15-9-7-14(22-5)8-10-15;1-2-14-9(13)6-3-4-7-8(5-6)15-10(11)12-7;;/h4-13,25H,3H2,1-2H3;6-12,22,25H,1-5H3;3-5H,2H2,1H3;2*1H4. The largest absolute Gasteiger partial charge is 0.462 e. The number of fused-ring (bicyclic) bond motifs is 2. The van der Waals surface area contributed by atoms with Crippen LogP contribution in [0.1, 0.15) is 77.1 Å². The van der Waals surface area contributed by atoms with Crippen LogP contribution in [0, 0.1) is 11.6 Å². The summed E-state index contributed by atoms with van der Waals surface area (Å²) in [7, 11) is 5.09. The van der Waals surface area contributed by atoms with Gasteiger partial charge in [0.05, 0.1) is 67.4 Å². The zero-order valence-electron chi connectivity index (χ0n) is 40.7. The molecule has 2 aromatic heterocycles. The first-order chi connectivity index (χ1) is 34.4. The summed E-state index contributed by atoms with van der Waals surface area (Å²) >= 11 is 6.19. The lowest BCUT2D eigenvalue weighted by Gasteiger charge is -2.37. The Hall–Kier alpha value is -6.84. The topological polar surface area (TPSA) is 181 Å². The monoisotopic (exact) mass is 1110 g/mol. The lowest BCUT2D eigenvalue weighted by atomic mass is 9.82. The lowest BCUT2D eigenvalue weighted by Crippen LogP contribution is -2.49. The molecule has 0 atom stereocenters. The minimum Gasteiger partial charge on any atom is -0.462 e. The summed E-state index contributed by atoms with van der Waals surface area (Å²) in [4.78, 5) is 32.2. The van der Waals surface area contributed by atoms with Crippen LogP contribution in [0.5, 0.6) is 0 Å². The van der Waals surface area contributed by atoms with Crippen molar-refractivity contribution in [3.8, 4) is 10.6 Å². The van der Waals surface area contributed by atoms with Crippen LogP contribution in [0.3, 0.4) is 0 Å². The Bertz CT molecular complexity index is 3200. The van der Waals surface area contributed by atoms with Gasteiger partial charge in [-0.3, -0.25) is 0 Å². The van der Waals surface area contributed by atoms with Crippen molar-refractivity contribution in [2.45, 2.75) is 67.6 Å². The number of aliphatic hydroxyl groups is 1. The molecule has 6 aromatic carbocycles. The van der Waals surface area contributed by atoms with E-state index in [-0.39, 0.29) is 38.2 Å². The molecule has 0 spiro atoms. The molecule has 2 heterocycles. The first-order valence-corrected chi connectivity index (χ1v) is 24.9. The third kappa shape index (κ3) is 16.3. The van der Waals surface area contributed by atoms with E-state index in [2.05, 4.69) is 57.0 Å². The van der Waals surface area contributed by atoms with E-state index in [1.807, 2.05) is 44.4 Å². The molecule has 3 N–H and O–H groups in total. The van der Waals surface area contributed by atoms with Crippen LogP contribution in [0.25, 0.3) is 31.0 Å². The summed E-state index contributed by atoms with van der Waals surface area (Å²) in [6.45, 7) is 11.1. The number of nitrogens with zero attached hydrogens (tertiary/aromatic N) is 6. The number of thiazole rings is 2. The first kappa shape index (κ1) is 59.7. The fourth-order valence-electron chi connectivity index (χ4n) is 6.00. The molecule has 74 heavy (non-hydrogen) atoms. The average Bonchev–Trinajstić information content (AvgIpc) is 3.98. The molecule has 0 unspecified atom stereocenters. The van der Waals surface area contributed by atoms with Crippen molar-refractivity contribution in [2.75, 3.05) is 37.9 Å². The van der Waals surface area contributed by atoms with Gasteiger partial charge in [-0.15, -0.1) is 32.9 Å². The normalized spacial score (nSPS) is 11.2. The van der Waals surface area contributed by atoms with Crippen LogP contribution in [0.2, 0.25) is 0 Å². The number of hydrogen-bond donors (Lipinski definition) is 3. The van der Waals surface area contributed by atoms with Crippen LogP contribution in [0.4, 0.5) is 42.9 Å². The Morgan fingerprint density at radius 3 is 1.58 bits per heavy atom. The van der Waals surface area contributed by atoms with Gasteiger partial charge < -0.3 is 29.9 Å². The van der Waals surface area contributed by atoms with Crippen molar-refractivity contribution < 1.29 is 37.6 Å². The molecule has 8 rings (SSSR count). The number of ether oxygens (including phenoxy) is 2. The van der Waals surface area contributed by atoms with Crippen LogP contribution in [-0.4, -0.2) is 73.0 Å². The Kier molecular flexibility index (Phi) is 22.2. The van der Waals surface area contributed by atoms with Gasteiger partial charge in [0.15, 0.2) is 9.73 Å². The number of aromatic nitrogens is 2. The Morgan fingerprint density at radius 1 is 0.649 bits per heavy atom. The number of halogens is 3. The van der Waals surface area contributed by atoms with Gasteiger partial charge >= 0.3 is 19.4 Å². The Morgan fingerprint density at radius 2 is 1.12 bits per heavy atom. The number of nitrogens with one attached hydrogen (secondary N) is 2. The summed E-state index contributed by atoms with van der Waals surface area (Å²) in [5.41, 5.74) is 5.45.